The minimum absolute atomic E-state index is 0.180. The van der Waals surface area contributed by atoms with E-state index in [9.17, 15) is 4.79 Å². The highest BCUT2D eigenvalue weighted by Crippen LogP contribution is 2.33. The van der Waals surface area contributed by atoms with Crippen LogP contribution in [0.15, 0.2) is 41.1 Å². The molecule has 0 saturated heterocycles. The van der Waals surface area contributed by atoms with Gasteiger partial charge in [0, 0.05) is 40.6 Å². The number of carbonyl (C=O) groups is 1. The molecule has 1 saturated carbocycles. The first kappa shape index (κ1) is 15.6. The molecule has 4 nitrogen and oxygen atoms in total. The molecule has 24 heavy (non-hydrogen) atoms. The summed E-state index contributed by atoms with van der Waals surface area (Å²) in [5.74, 6) is 0.981. The number of aromatic nitrogens is 1. The van der Waals surface area contributed by atoms with Crippen LogP contribution in [0.25, 0.3) is 0 Å². The lowest BCUT2D eigenvalue weighted by Gasteiger charge is -2.23. The second-order valence-electron chi connectivity index (χ2n) is 6.49. The summed E-state index contributed by atoms with van der Waals surface area (Å²) in [6.07, 6.45) is 8.29. The van der Waals surface area contributed by atoms with Gasteiger partial charge in [0.05, 0.1) is 0 Å². The molecule has 2 heterocycles. The number of hydrogen-bond acceptors (Lipinski definition) is 3. The van der Waals surface area contributed by atoms with Crippen molar-refractivity contribution in [2.75, 3.05) is 0 Å². The maximum Gasteiger partial charge on any atom is 0.254 e. The Bertz CT molecular complexity index is 772. The number of benzene rings is 1. The molecule has 1 aliphatic carbocycles. The number of pyridine rings is 1. The van der Waals surface area contributed by atoms with Crippen LogP contribution >= 0.6 is 15.9 Å². The molecule has 1 aromatic heterocycles. The van der Waals surface area contributed by atoms with Gasteiger partial charge in [-0.15, -0.1) is 0 Å². The lowest BCUT2D eigenvalue weighted by atomic mass is 10.1. The summed E-state index contributed by atoms with van der Waals surface area (Å²) in [7, 11) is 0. The Morgan fingerprint density at radius 1 is 1.21 bits per heavy atom. The zero-order valence-electron chi connectivity index (χ0n) is 13.4. The summed E-state index contributed by atoms with van der Waals surface area (Å²) in [6, 6.07) is 8.21. The standard InChI is InChI=1S/C19H19BrN2O2/c20-15-7-13(9-21-10-15)12-24-17-5-6-18-14(8-17)11-22(19(18)23)16-3-1-2-4-16/h5-10,16H,1-4,11-12H2. The van der Waals surface area contributed by atoms with Crippen molar-refractivity contribution in [3.8, 4) is 5.75 Å². The number of halogens is 1. The maximum absolute atomic E-state index is 12.6. The Kier molecular flexibility index (Phi) is 4.27. The number of fused-ring (bicyclic) bond motifs is 1. The van der Waals surface area contributed by atoms with E-state index in [2.05, 4.69) is 20.9 Å². The fourth-order valence-corrected chi connectivity index (χ4v) is 4.03. The van der Waals surface area contributed by atoms with Gasteiger partial charge >= 0.3 is 0 Å². The summed E-state index contributed by atoms with van der Waals surface area (Å²) < 4.78 is 6.82. The van der Waals surface area contributed by atoms with Crippen molar-refractivity contribution >= 4 is 21.8 Å². The molecule has 1 fully saturated rings. The van der Waals surface area contributed by atoms with Crippen LogP contribution in [-0.4, -0.2) is 21.8 Å². The Hall–Kier alpha value is -1.88. The van der Waals surface area contributed by atoms with E-state index in [-0.39, 0.29) is 5.91 Å². The quantitative estimate of drug-likeness (QED) is 0.785. The van der Waals surface area contributed by atoms with Gasteiger partial charge in [-0.3, -0.25) is 9.78 Å². The van der Waals surface area contributed by atoms with Gasteiger partial charge in [0.1, 0.15) is 12.4 Å². The molecule has 5 heteroatoms. The third kappa shape index (κ3) is 3.05. The Morgan fingerprint density at radius 3 is 2.83 bits per heavy atom. The minimum atomic E-state index is 0.180. The van der Waals surface area contributed by atoms with Crippen LogP contribution in [0.2, 0.25) is 0 Å². The molecule has 0 bridgehead atoms. The summed E-state index contributed by atoms with van der Waals surface area (Å²) in [5, 5.41) is 0. The minimum Gasteiger partial charge on any atom is -0.489 e. The van der Waals surface area contributed by atoms with Crippen LogP contribution in [0.4, 0.5) is 0 Å². The van der Waals surface area contributed by atoms with E-state index >= 15 is 0 Å². The van der Waals surface area contributed by atoms with Crippen molar-refractivity contribution in [1.82, 2.24) is 9.88 Å². The smallest absolute Gasteiger partial charge is 0.254 e. The van der Waals surface area contributed by atoms with Gasteiger partial charge in [0.2, 0.25) is 0 Å². The number of hydrogen-bond donors (Lipinski definition) is 0. The van der Waals surface area contributed by atoms with E-state index in [1.807, 2.05) is 29.2 Å². The first-order chi connectivity index (χ1) is 11.7. The molecule has 1 amide bonds. The summed E-state index contributed by atoms with van der Waals surface area (Å²) in [6.45, 7) is 1.18. The number of nitrogens with zero attached hydrogens (tertiary/aromatic N) is 2. The van der Waals surface area contributed by atoms with E-state index < -0.39 is 0 Å². The molecule has 0 N–H and O–H groups in total. The Balaban J connectivity index is 1.47. The average molecular weight is 387 g/mol. The molecule has 0 unspecified atom stereocenters. The van der Waals surface area contributed by atoms with Crippen LogP contribution in [-0.2, 0) is 13.2 Å². The molecule has 2 aliphatic rings. The fraction of sp³-hybridized carbons (Fsp3) is 0.368. The highest BCUT2D eigenvalue weighted by atomic mass is 79.9. The van der Waals surface area contributed by atoms with Crippen molar-refractivity contribution in [3.05, 3.63) is 57.8 Å². The topological polar surface area (TPSA) is 42.4 Å². The van der Waals surface area contributed by atoms with Crippen LogP contribution in [0.5, 0.6) is 5.75 Å². The first-order valence-electron chi connectivity index (χ1n) is 8.37. The first-order valence-corrected chi connectivity index (χ1v) is 9.16. The van der Waals surface area contributed by atoms with Crippen molar-refractivity contribution < 1.29 is 9.53 Å². The summed E-state index contributed by atoms with van der Waals surface area (Å²) in [4.78, 5) is 18.8. The van der Waals surface area contributed by atoms with Crippen LogP contribution in [0.3, 0.4) is 0 Å². The van der Waals surface area contributed by atoms with E-state index in [1.165, 1.54) is 12.8 Å². The van der Waals surface area contributed by atoms with Crippen LogP contribution < -0.4 is 4.74 Å². The molecule has 0 spiro atoms. The van der Waals surface area contributed by atoms with Gasteiger partial charge < -0.3 is 9.64 Å². The molecular weight excluding hydrogens is 368 g/mol. The van der Waals surface area contributed by atoms with E-state index in [0.29, 0.717) is 19.2 Å². The van der Waals surface area contributed by atoms with Gasteiger partial charge in [0.25, 0.3) is 5.91 Å². The largest absolute Gasteiger partial charge is 0.489 e. The number of carbonyl (C=O) groups excluding carboxylic acids is 1. The highest BCUT2D eigenvalue weighted by molar-refractivity contribution is 9.10. The normalized spacial score (nSPS) is 17.4. The van der Waals surface area contributed by atoms with Gasteiger partial charge in [-0.2, -0.15) is 0 Å². The Morgan fingerprint density at radius 2 is 2.04 bits per heavy atom. The molecule has 1 aromatic carbocycles. The molecule has 0 atom stereocenters. The fourth-order valence-electron chi connectivity index (χ4n) is 3.62. The van der Waals surface area contributed by atoms with E-state index in [1.54, 1.807) is 12.4 Å². The Labute approximate surface area is 150 Å². The lowest BCUT2D eigenvalue weighted by Crippen LogP contribution is -2.33. The third-order valence-electron chi connectivity index (χ3n) is 4.84. The van der Waals surface area contributed by atoms with Crippen molar-refractivity contribution in [3.63, 3.8) is 0 Å². The summed E-state index contributed by atoms with van der Waals surface area (Å²) in [5.41, 5.74) is 2.92. The molecule has 2 aromatic rings. The van der Waals surface area contributed by atoms with Gasteiger partial charge in [-0.1, -0.05) is 12.8 Å². The molecule has 0 radical (unpaired) electrons. The second-order valence-corrected chi connectivity index (χ2v) is 7.41. The molecule has 1 aliphatic heterocycles. The van der Waals surface area contributed by atoms with E-state index in [4.69, 9.17) is 4.74 Å². The van der Waals surface area contributed by atoms with Gasteiger partial charge in [0.15, 0.2) is 0 Å². The monoisotopic (exact) mass is 386 g/mol. The molecular formula is C19H19BrN2O2. The predicted molar refractivity (Wildman–Crippen MR) is 94.8 cm³/mol. The number of amides is 1. The predicted octanol–water partition coefficient (Wildman–Crippen LogP) is 4.32. The number of rotatable bonds is 4. The lowest BCUT2D eigenvalue weighted by molar-refractivity contribution is 0.0707. The zero-order valence-corrected chi connectivity index (χ0v) is 15.0. The zero-order chi connectivity index (χ0) is 16.5. The van der Waals surface area contributed by atoms with Gasteiger partial charge in [-0.25, -0.2) is 0 Å². The van der Waals surface area contributed by atoms with Crippen molar-refractivity contribution in [2.45, 2.75) is 44.9 Å². The van der Waals surface area contributed by atoms with Crippen LogP contribution in [0.1, 0.15) is 47.2 Å². The van der Waals surface area contributed by atoms with Gasteiger partial charge in [-0.05, 0) is 58.6 Å². The second kappa shape index (κ2) is 6.55. The average Bonchev–Trinajstić information content (AvgIpc) is 3.21. The van der Waals surface area contributed by atoms with E-state index in [0.717, 1.165) is 39.8 Å². The van der Waals surface area contributed by atoms with Crippen molar-refractivity contribution in [2.24, 2.45) is 0 Å². The third-order valence-corrected chi connectivity index (χ3v) is 5.27. The SMILES string of the molecule is O=C1c2ccc(OCc3cncc(Br)c3)cc2CN1C1CCCC1. The molecule has 124 valence electrons. The van der Waals surface area contributed by atoms with Crippen LogP contribution in [0, 0.1) is 0 Å². The highest BCUT2D eigenvalue weighted by Gasteiger charge is 2.34. The molecule has 4 rings (SSSR count). The number of ether oxygens (including phenoxy) is 1. The van der Waals surface area contributed by atoms with Crippen molar-refractivity contribution in [1.29, 1.82) is 0 Å². The summed E-state index contributed by atoms with van der Waals surface area (Å²) >= 11 is 3.41. The maximum atomic E-state index is 12.6.